The molecule has 5 rings (SSSR count). The Morgan fingerprint density at radius 2 is 1.79 bits per heavy atom. The maximum Gasteiger partial charge on any atom is 0.264 e. The average Bonchev–Trinajstić information content (AvgIpc) is 3.25. The van der Waals surface area contributed by atoms with Gasteiger partial charge < -0.3 is 15.1 Å². The standard InChI is InChI=1S/C27H25ClFN5O3S/c1-16-3-6-19(13-21(16)28)31-22(35)14-34-15-30-25-23(26(34)36)17(2)24(38-25)27(37)33-11-9-32(10-12-33)20-7-4-18(29)5-8-20/h3-8,13,15H,9-12,14H2,1-2H3,(H,31,35). The van der Waals surface area contributed by atoms with Crippen LogP contribution in [0.25, 0.3) is 10.2 Å². The molecule has 0 radical (unpaired) electrons. The summed E-state index contributed by atoms with van der Waals surface area (Å²) in [5.41, 5.74) is 2.53. The Morgan fingerprint density at radius 3 is 2.47 bits per heavy atom. The summed E-state index contributed by atoms with van der Waals surface area (Å²) >= 11 is 7.31. The highest BCUT2D eigenvalue weighted by Crippen LogP contribution is 2.29. The molecule has 0 aliphatic carbocycles. The normalized spacial score (nSPS) is 13.7. The number of benzene rings is 2. The minimum absolute atomic E-state index is 0.149. The van der Waals surface area contributed by atoms with Gasteiger partial charge in [-0.1, -0.05) is 17.7 Å². The van der Waals surface area contributed by atoms with Crippen molar-refractivity contribution in [2.75, 3.05) is 36.4 Å². The monoisotopic (exact) mass is 553 g/mol. The van der Waals surface area contributed by atoms with Crippen LogP contribution in [0.4, 0.5) is 15.8 Å². The van der Waals surface area contributed by atoms with Gasteiger partial charge in [-0.3, -0.25) is 19.0 Å². The van der Waals surface area contributed by atoms with Crippen molar-refractivity contribution in [2.24, 2.45) is 0 Å². The lowest BCUT2D eigenvalue weighted by Crippen LogP contribution is -2.48. The molecule has 38 heavy (non-hydrogen) atoms. The lowest BCUT2D eigenvalue weighted by Gasteiger charge is -2.36. The van der Waals surface area contributed by atoms with E-state index in [-0.39, 0.29) is 23.8 Å². The lowest BCUT2D eigenvalue weighted by atomic mass is 10.2. The minimum atomic E-state index is -0.392. The molecule has 1 fully saturated rings. The number of hydrogen-bond donors (Lipinski definition) is 1. The topological polar surface area (TPSA) is 87.5 Å². The van der Waals surface area contributed by atoms with E-state index in [1.807, 2.05) is 6.92 Å². The second-order valence-electron chi connectivity index (χ2n) is 9.18. The Balaban J connectivity index is 1.30. The molecule has 1 N–H and O–H groups in total. The summed E-state index contributed by atoms with van der Waals surface area (Å²) in [6.45, 7) is 5.63. The van der Waals surface area contributed by atoms with Gasteiger partial charge >= 0.3 is 0 Å². The molecule has 3 heterocycles. The van der Waals surface area contributed by atoms with Crippen molar-refractivity contribution in [1.82, 2.24) is 14.5 Å². The Hall–Kier alpha value is -3.76. The number of halogens is 2. The molecule has 0 atom stereocenters. The van der Waals surface area contributed by atoms with E-state index < -0.39 is 5.91 Å². The predicted octanol–water partition coefficient (Wildman–Crippen LogP) is 4.47. The largest absolute Gasteiger partial charge is 0.368 e. The van der Waals surface area contributed by atoms with Gasteiger partial charge in [-0.05, 0) is 61.4 Å². The van der Waals surface area contributed by atoms with Crippen LogP contribution in [-0.4, -0.2) is 52.4 Å². The van der Waals surface area contributed by atoms with E-state index in [1.165, 1.54) is 34.4 Å². The van der Waals surface area contributed by atoms with Gasteiger partial charge in [0, 0.05) is 42.6 Å². The number of nitrogens with one attached hydrogen (secondary N) is 1. The van der Waals surface area contributed by atoms with Crippen LogP contribution in [0.1, 0.15) is 20.8 Å². The van der Waals surface area contributed by atoms with Gasteiger partial charge in [0.25, 0.3) is 11.5 Å². The van der Waals surface area contributed by atoms with E-state index in [0.29, 0.717) is 57.5 Å². The highest BCUT2D eigenvalue weighted by atomic mass is 35.5. The van der Waals surface area contributed by atoms with Crippen LogP contribution in [0.15, 0.2) is 53.6 Å². The van der Waals surface area contributed by atoms with Gasteiger partial charge in [0.2, 0.25) is 5.91 Å². The van der Waals surface area contributed by atoms with E-state index in [2.05, 4.69) is 15.2 Å². The van der Waals surface area contributed by atoms with Gasteiger partial charge in [0.15, 0.2) is 0 Å². The van der Waals surface area contributed by atoms with Crippen LogP contribution in [0.3, 0.4) is 0 Å². The molecular weight excluding hydrogens is 529 g/mol. The fourth-order valence-corrected chi connectivity index (χ4v) is 5.75. The first-order chi connectivity index (χ1) is 18.2. The van der Waals surface area contributed by atoms with Crippen molar-refractivity contribution in [3.8, 4) is 0 Å². The van der Waals surface area contributed by atoms with Gasteiger partial charge in [0.1, 0.15) is 17.2 Å². The van der Waals surface area contributed by atoms with Crippen molar-refractivity contribution in [1.29, 1.82) is 0 Å². The molecule has 8 nitrogen and oxygen atoms in total. The number of nitrogens with zero attached hydrogens (tertiary/aromatic N) is 4. The molecule has 196 valence electrons. The number of thiophene rings is 1. The maximum absolute atomic E-state index is 13.4. The van der Waals surface area contributed by atoms with Crippen LogP contribution in [-0.2, 0) is 11.3 Å². The van der Waals surface area contributed by atoms with Crippen LogP contribution in [0.5, 0.6) is 0 Å². The zero-order chi connectivity index (χ0) is 27.0. The van der Waals surface area contributed by atoms with Gasteiger partial charge in [0.05, 0.1) is 16.6 Å². The Morgan fingerprint density at radius 1 is 1.08 bits per heavy atom. The van der Waals surface area contributed by atoms with E-state index in [0.717, 1.165) is 11.3 Å². The minimum Gasteiger partial charge on any atom is -0.368 e. The van der Waals surface area contributed by atoms with Crippen molar-refractivity contribution in [3.63, 3.8) is 0 Å². The lowest BCUT2D eigenvalue weighted by molar-refractivity contribution is -0.116. The second-order valence-corrected chi connectivity index (χ2v) is 10.6. The molecule has 1 saturated heterocycles. The summed E-state index contributed by atoms with van der Waals surface area (Å²) in [6, 6.07) is 11.5. The quantitative estimate of drug-likeness (QED) is 0.394. The number of aryl methyl sites for hydroxylation is 2. The fourth-order valence-electron chi connectivity index (χ4n) is 4.46. The van der Waals surface area contributed by atoms with Crippen LogP contribution < -0.4 is 15.8 Å². The first kappa shape index (κ1) is 25.9. The molecule has 2 aromatic carbocycles. The first-order valence-electron chi connectivity index (χ1n) is 12.1. The van der Waals surface area contributed by atoms with Gasteiger partial charge in [-0.2, -0.15) is 0 Å². The molecule has 0 bridgehead atoms. The van der Waals surface area contributed by atoms with Crippen molar-refractivity contribution in [2.45, 2.75) is 20.4 Å². The number of aromatic nitrogens is 2. The number of hydrogen-bond acceptors (Lipinski definition) is 6. The van der Waals surface area contributed by atoms with Crippen molar-refractivity contribution in [3.05, 3.63) is 86.0 Å². The van der Waals surface area contributed by atoms with E-state index in [1.54, 1.807) is 42.2 Å². The third-order valence-electron chi connectivity index (χ3n) is 6.64. The van der Waals surface area contributed by atoms with Gasteiger partial charge in [-0.15, -0.1) is 11.3 Å². The number of amides is 2. The average molecular weight is 554 g/mol. The molecule has 0 saturated carbocycles. The maximum atomic E-state index is 13.4. The zero-order valence-corrected chi connectivity index (χ0v) is 22.4. The third-order valence-corrected chi connectivity index (χ3v) is 8.23. The summed E-state index contributed by atoms with van der Waals surface area (Å²) in [5, 5.41) is 3.62. The number of anilines is 2. The molecule has 11 heteroatoms. The smallest absolute Gasteiger partial charge is 0.264 e. The molecule has 0 spiro atoms. The fraction of sp³-hybridized carbons (Fsp3) is 0.259. The number of piperazine rings is 1. The highest BCUT2D eigenvalue weighted by Gasteiger charge is 2.27. The van der Waals surface area contributed by atoms with Crippen LogP contribution in [0, 0.1) is 19.7 Å². The second kappa shape index (κ2) is 10.5. The van der Waals surface area contributed by atoms with E-state index in [9.17, 15) is 18.8 Å². The zero-order valence-electron chi connectivity index (χ0n) is 20.8. The third kappa shape index (κ3) is 5.14. The predicted molar refractivity (Wildman–Crippen MR) is 148 cm³/mol. The number of carbonyl (C=O) groups excluding carboxylic acids is 2. The van der Waals surface area contributed by atoms with E-state index in [4.69, 9.17) is 11.6 Å². The first-order valence-corrected chi connectivity index (χ1v) is 13.2. The molecule has 2 aromatic heterocycles. The summed E-state index contributed by atoms with van der Waals surface area (Å²) < 4.78 is 14.5. The Labute approximate surface area is 227 Å². The number of carbonyl (C=O) groups is 2. The summed E-state index contributed by atoms with van der Waals surface area (Å²) in [5.74, 6) is -0.826. The molecule has 1 aliphatic heterocycles. The molecule has 1 aliphatic rings. The molecule has 0 unspecified atom stereocenters. The highest BCUT2D eigenvalue weighted by molar-refractivity contribution is 7.20. The SMILES string of the molecule is Cc1ccc(NC(=O)Cn2cnc3sc(C(=O)N4CCN(c5ccc(F)cc5)CC4)c(C)c3c2=O)cc1Cl. The summed E-state index contributed by atoms with van der Waals surface area (Å²) in [6.07, 6.45) is 1.33. The Kier molecular flexibility index (Phi) is 7.18. The van der Waals surface area contributed by atoms with Crippen LogP contribution in [0.2, 0.25) is 5.02 Å². The molecule has 4 aromatic rings. The molecule has 2 amide bonds. The summed E-state index contributed by atoms with van der Waals surface area (Å²) in [7, 11) is 0. The number of fused-ring (bicyclic) bond motifs is 1. The summed E-state index contributed by atoms with van der Waals surface area (Å²) in [4.78, 5) is 48.4. The van der Waals surface area contributed by atoms with Crippen molar-refractivity contribution < 1.29 is 14.0 Å². The Bertz CT molecular complexity index is 1590. The van der Waals surface area contributed by atoms with Gasteiger partial charge in [-0.25, -0.2) is 9.37 Å². The molecular formula is C27H25ClFN5O3S. The van der Waals surface area contributed by atoms with Crippen LogP contribution >= 0.6 is 22.9 Å². The van der Waals surface area contributed by atoms with E-state index >= 15 is 0 Å². The van der Waals surface area contributed by atoms with Crippen molar-refractivity contribution >= 4 is 56.3 Å². The number of rotatable bonds is 5.